The Morgan fingerprint density at radius 1 is 1.06 bits per heavy atom. The van der Waals surface area contributed by atoms with Crippen molar-refractivity contribution in [2.45, 2.75) is 18.4 Å². The number of pyridine rings is 1. The first-order valence-electron chi connectivity index (χ1n) is 10.4. The number of amides is 1. The number of ether oxygens (including phenoxy) is 1. The van der Waals surface area contributed by atoms with Crippen molar-refractivity contribution in [3.05, 3.63) is 89.9 Å². The molecule has 5 rings (SSSR count). The van der Waals surface area contributed by atoms with E-state index in [-0.39, 0.29) is 18.9 Å². The molecular formula is C25H21N3O4. The van der Waals surface area contributed by atoms with Gasteiger partial charge in [0.15, 0.2) is 0 Å². The van der Waals surface area contributed by atoms with Gasteiger partial charge in [-0.2, -0.15) is 0 Å². The zero-order chi connectivity index (χ0) is 22.1. The molecule has 0 bridgehead atoms. The van der Waals surface area contributed by atoms with Crippen LogP contribution in [-0.2, 0) is 16.0 Å². The van der Waals surface area contributed by atoms with Gasteiger partial charge in [0.25, 0.3) is 0 Å². The highest BCUT2D eigenvalue weighted by molar-refractivity contribution is 5.85. The summed E-state index contributed by atoms with van der Waals surface area (Å²) < 4.78 is 5.50. The molecular weight excluding hydrogens is 406 g/mol. The minimum atomic E-state index is -1.12. The monoisotopic (exact) mass is 427 g/mol. The van der Waals surface area contributed by atoms with Crippen molar-refractivity contribution in [3.8, 4) is 11.1 Å². The number of hydrogen-bond acceptors (Lipinski definition) is 4. The summed E-state index contributed by atoms with van der Waals surface area (Å²) in [4.78, 5) is 31.4. The number of aromatic nitrogens is 2. The molecule has 7 heteroatoms. The van der Waals surface area contributed by atoms with E-state index in [1.165, 1.54) is 0 Å². The van der Waals surface area contributed by atoms with Crippen LogP contribution >= 0.6 is 0 Å². The average Bonchev–Trinajstić information content (AvgIpc) is 3.36. The second-order valence-corrected chi connectivity index (χ2v) is 7.80. The Morgan fingerprint density at radius 2 is 1.75 bits per heavy atom. The summed E-state index contributed by atoms with van der Waals surface area (Å²) in [5, 5.41) is 13.0. The van der Waals surface area contributed by atoms with Crippen molar-refractivity contribution in [2.75, 3.05) is 6.61 Å². The lowest BCUT2D eigenvalue weighted by Gasteiger charge is -2.17. The molecule has 0 aliphatic heterocycles. The van der Waals surface area contributed by atoms with Gasteiger partial charge in [0.1, 0.15) is 12.6 Å². The fourth-order valence-corrected chi connectivity index (χ4v) is 4.40. The molecule has 1 aliphatic rings. The van der Waals surface area contributed by atoms with Crippen molar-refractivity contribution < 1.29 is 19.4 Å². The predicted octanol–water partition coefficient (Wildman–Crippen LogP) is 4.10. The first-order chi connectivity index (χ1) is 15.6. The topological polar surface area (TPSA) is 104 Å². The molecule has 1 atom stereocenters. The summed E-state index contributed by atoms with van der Waals surface area (Å²) in [6, 6.07) is 16.8. The molecule has 2 aromatic heterocycles. The summed E-state index contributed by atoms with van der Waals surface area (Å²) >= 11 is 0. The van der Waals surface area contributed by atoms with E-state index in [0.29, 0.717) is 0 Å². The summed E-state index contributed by atoms with van der Waals surface area (Å²) in [5.41, 5.74) is 6.07. The van der Waals surface area contributed by atoms with E-state index in [2.05, 4.69) is 27.4 Å². The van der Waals surface area contributed by atoms with Crippen LogP contribution in [0.2, 0.25) is 0 Å². The molecule has 0 saturated heterocycles. The minimum absolute atomic E-state index is 0.0856. The van der Waals surface area contributed by atoms with Crippen LogP contribution in [0.4, 0.5) is 4.79 Å². The number of rotatable bonds is 6. The van der Waals surface area contributed by atoms with Gasteiger partial charge in [0, 0.05) is 30.1 Å². The van der Waals surface area contributed by atoms with Gasteiger partial charge < -0.3 is 20.1 Å². The highest BCUT2D eigenvalue weighted by Gasteiger charge is 2.30. The van der Waals surface area contributed by atoms with Gasteiger partial charge in [-0.05, 0) is 33.9 Å². The lowest BCUT2D eigenvalue weighted by Crippen LogP contribution is -2.42. The Bertz CT molecular complexity index is 1270. The SMILES string of the molecule is O=C(N[C@H](Cc1c[nH]c2cnccc12)C(=O)O)OCC1c2ccccc2-c2ccccc21. The average molecular weight is 427 g/mol. The largest absolute Gasteiger partial charge is 0.480 e. The number of carbonyl (C=O) groups excluding carboxylic acids is 1. The van der Waals surface area contributed by atoms with Crippen LogP contribution in [0.5, 0.6) is 0 Å². The number of nitrogens with zero attached hydrogens (tertiary/aromatic N) is 1. The van der Waals surface area contributed by atoms with Gasteiger partial charge >= 0.3 is 12.1 Å². The summed E-state index contributed by atoms with van der Waals surface area (Å²) in [6.07, 6.45) is 4.44. The van der Waals surface area contributed by atoms with Crippen molar-refractivity contribution in [3.63, 3.8) is 0 Å². The van der Waals surface area contributed by atoms with Crippen molar-refractivity contribution in [1.29, 1.82) is 0 Å². The number of carboxylic acids is 1. The fraction of sp³-hybridized carbons (Fsp3) is 0.160. The van der Waals surface area contributed by atoms with E-state index in [4.69, 9.17) is 4.74 Å². The molecule has 0 radical (unpaired) electrons. The van der Waals surface area contributed by atoms with Crippen molar-refractivity contribution in [1.82, 2.24) is 15.3 Å². The van der Waals surface area contributed by atoms with E-state index in [1.54, 1.807) is 18.6 Å². The third-order valence-corrected chi connectivity index (χ3v) is 5.93. The standard InChI is InChI=1S/C25H21N3O4/c29-24(30)22(11-15-12-27-23-13-26-10-9-16(15)23)28-25(31)32-14-21-19-7-3-1-5-17(19)18-6-2-4-8-20(18)21/h1-10,12-13,21-22,27H,11,14H2,(H,28,31)(H,29,30)/t22-/m1/s1. The van der Waals surface area contributed by atoms with Crippen molar-refractivity contribution >= 4 is 23.0 Å². The lowest BCUT2D eigenvalue weighted by atomic mass is 9.98. The van der Waals surface area contributed by atoms with Crippen LogP contribution in [0.25, 0.3) is 22.0 Å². The molecule has 3 N–H and O–H groups in total. The molecule has 0 saturated carbocycles. The van der Waals surface area contributed by atoms with Gasteiger partial charge in [-0.15, -0.1) is 0 Å². The number of benzene rings is 2. The first-order valence-corrected chi connectivity index (χ1v) is 10.4. The highest BCUT2D eigenvalue weighted by Crippen LogP contribution is 2.44. The molecule has 0 unspecified atom stereocenters. The number of carboxylic acid groups (broad SMARTS) is 1. The van der Waals surface area contributed by atoms with E-state index in [1.807, 2.05) is 42.5 Å². The van der Waals surface area contributed by atoms with E-state index >= 15 is 0 Å². The number of aliphatic carboxylic acids is 1. The van der Waals surface area contributed by atoms with Crippen LogP contribution < -0.4 is 5.32 Å². The first kappa shape index (κ1) is 19.8. The minimum Gasteiger partial charge on any atom is -0.480 e. The Morgan fingerprint density at radius 3 is 2.44 bits per heavy atom. The van der Waals surface area contributed by atoms with E-state index in [9.17, 15) is 14.7 Å². The summed E-state index contributed by atoms with van der Waals surface area (Å²) in [7, 11) is 0. The van der Waals surface area contributed by atoms with E-state index < -0.39 is 18.1 Å². The lowest BCUT2D eigenvalue weighted by molar-refractivity contribution is -0.139. The molecule has 4 aromatic rings. The maximum absolute atomic E-state index is 12.5. The van der Waals surface area contributed by atoms with Gasteiger partial charge in [-0.3, -0.25) is 4.98 Å². The molecule has 0 fully saturated rings. The van der Waals surface area contributed by atoms with Gasteiger partial charge in [0.05, 0.1) is 11.7 Å². The van der Waals surface area contributed by atoms with Crippen LogP contribution in [0.1, 0.15) is 22.6 Å². The van der Waals surface area contributed by atoms with Gasteiger partial charge in [0.2, 0.25) is 0 Å². The number of alkyl carbamates (subject to hydrolysis) is 1. The van der Waals surface area contributed by atoms with Gasteiger partial charge in [-0.25, -0.2) is 9.59 Å². The molecule has 160 valence electrons. The zero-order valence-corrected chi connectivity index (χ0v) is 17.1. The quantitative estimate of drug-likeness (QED) is 0.430. The molecule has 1 amide bonds. The normalized spacial score (nSPS) is 13.4. The number of fused-ring (bicyclic) bond motifs is 4. The molecule has 2 heterocycles. The number of H-pyrrole nitrogens is 1. The zero-order valence-electron chi connectivity index (χ0n) is 17.1. The van der Waals surface area contributed by atoms with Crippen molar-refractivity contribution in [2.24, 2.45) is 0 Å². The number of aromatic amines is 1. The number of hydrogen-bond donors (Lipinski definition) is 3. The Hall–Kier alpha value is -4.13. The maximum atomic E-state index is 12.5. The van der Waals surface area contributed by atoms with E-state index in [0.717, 1.165) is 38.7 Å². The van der Waals surface area contributed by atoms with Crippen LogP contribution in [0, 0.1) is 0 Å². The third kappa shape index (κ3) is 3.58. The maximum Gasteiger partial charge on any atom is 0.407 e. The predicted molar refractivity (Wildman–Crippen MR) is 119 cm³/mol. The van der Waals surface area contributed by atoms with Gasteiger partial charge in [-0.1, -0.05) is 48.5 Å². The summed E-state index contributed by atoms with van der Waals surface area (Å²) in [6.45, 7) is 0.130. The fourth-order valence-electron chi connectivity index (χ4n) is 4.40. The number of carbonyl (C=O) groups is 2. The molecule has 2 aromatic carbocycles. The highest BCUT2D eigenvalue weighted by atomic mass is 16.5. The van der Waals surface area contributed by atoms with Crippen LogP contribution in [0.3, 0.4) is 0 Å². The molecule has 7 nitrogen and oxygen atoms in total. The molecule has 1 aliphatic carbocycles. The van der Waals surface area contributed by atoms with Crippen LogP contribution in [0.15, 0.2) is 73.2 Å². The third-order valence-electron chi connectivity index (χ3n) is 5.93. The second kappa shape index (κ2) is 8.19. The number of nitrogens with one attached hydrogen (secondary N) is 2. The Kier molecular flexibility index (Phi) is 5.07. The molecule has 0 spiro atoms. The summed E-state index contributed by atoms with van der Waals surface area (Å²) in [5.74, 6) is -1.21. The second-order valence-electron chi connectivity index (χ2n) is 7.80. The Labute approximate surface area is 184 Å². The van der Waals surface area contributed by atoms with Crippen LogP contribution in [-0.4, -0.2) is 39.8 Å². The molecule has 32 heavy (non-hydrogen) atoms. The smallest absolute Gasteiger partial charge is 0.407 e. The Balaban J connectivity index is 1.28.